The lowest BCUT2D eigenvalue weighted by Gasteiger charge is -2.18. The highest BCUT2D eigenvalue weighted by atomic mass is 19.2. The van der Waals surface area contributed by atoms with Crippen LogP contribution in [-0.4, -0.2) is 6.54 Å². The van der Waals surface area contributed by atoms with Crippen LogP contribution < -0.4 is 11.5 Å². The molecule has 0 bridgehead atoms. The molecule has 0 radical (unpaired) electrons. The lowest BCUT2D eigenvalue weighted by Crippen LogP contribution is -2.25. The van der Waals surface area contributed by atoms with E-state index >= 15 is 0 Å². The average molecular weight is 200 g/mol. The molecule has 0 amide bonds. The van der Waals surface area contributed by atoms with E-state index in [9.17, 15) is 8.78 Å². The Kier molecular flexibility index (Phi) is 3.55. The first-order valence-electron chi connectivity index (χ1n) is 4.47. The second-order valence-electron chi connectivity index (χ2n) is 3.41. The number of hydrogen-bond acceptors (Lipinski definition) is 2. The summed E-state index contributed by atoms with van der Waals surface area (Å²) in [5, 5.41) is 0. The second-order valence-corrected chi connectivity index (χ2v) is 3.41. The smallest absolute Gasteiger partial charge is 0.159 e. The van der Waals surface area contributed by atoms with Gasteiger partial charge in [0.15, 0.2) is 11.6 Å². The molecule has 1 rings (SSSR count). The van der Waals surface area contributed by atoms with Gasteiger partial charge in [-0.1, -0.05) is 13.0 Å². The summed E-state index contributed by atoms with van der Waals surface area (Å²) in [4.78, 5) is 0. The molecular formula is C10H14F2N2. The summed E-state index contributed by atoms with van der Waals surface area (Å²) < 4.78 is 25.4. The van der Waals surface area contributed by atoms with Crippen molar-refractivity contribution in [3.63, 3.8) is 0 Å². The summed E-state index contributed by atoms with van der Waals surface area (Å²) in [5.41, 5.74) is 11.8. The van der Waals surface area contributed by atoms with Crippen molar-refractivity contribution in [2.45, 2.75) is 13.0 Å². The van der Waals surface area contributed by atoms with E-state index in [0.29, 0.717) is 12.1 Å². The fourth-order valence-corrected chi connectivity index (χ4v) is 1.19. The molecular weight excluding hydrogens is 186 g/mol. The first kappa shape index (κ1) is 11.1. The van der Waals surface area contributed by atoms with E-state index in [0.717, 1.165) is 12.1 Å². The highest BCUT2D eigenvalue weighted by Crippen LogP contribution is 2.20. The van der Waals surface area contributed by atoms with Crippen LogP contribution >= 0.6 is 0 Å². The molecule has 1 aromatic rings. The SMILES string of the molecule is CC(CN)C(N)c1ccc(F)c(F)c1. The van der Waals surface area contributed by atoms with E-state index in [4.69, 9.17) is 11.5 Å². The molecule has 0 saturated carbocycles. The van der Waals surface area contributed by atoms with Crippen molar-refractivity contribution in [3.05, 3.63) is 35.4 Å². The van der Waals surface area contributed by atoms with E-state index in [2.05, 4.69) is 0 Å². The zero-order chi connectivity index (χ0) is 10.7. The number of hydrogen-bond donors (Lipinski definition) is 2. The maximum Gasteiger partial charge on any atom is 0.159 e. The minimum Gasteiger partial charge on any atom is -0.330 e. The molecule has 0 fully saturated rings. The Morgan fingerprint density at radius 3 is 2.43 bits per heavy atom. The summed E-state index contributed by atoms with van der Waals surface area (Å²) in [6.45, 7) is 2.28. The zero-order valence-corrected chi connectivity index (χ0v) is 8.00. The summed E-state index contributed by atoms with van der Waals surface area (Å²) in [6, 6.07) is 3.32. The number of nitrogens with two attached hydrogens (primary N) is 2. The zero-order valence-electron chi connectivity index (χ0n) is 8.00. The summed E-state index contributed by atoms with van der Waals surface area (Å²) in [6.07, 6.45) is 0. The van der Waals surface area contributed by atoms with Gasteiger partial charge in [0.25, 0.3) is 0 Å². The van der Waals surface area contributed by atoms with Crippen LogP contribution in [0.5, 0.6) is 0 Å². The molecule has 1 aromatic carbocycles. The van der Waals surface area contributed by atoms with Gasteiger partial charge in [0, 0.05) is 6.04 Å². The molecule has 14 heavy (non-hydrogen) atoms. The second kappa shape index (κ2) is 4.48. The van der Waals surface area contributed by atoms with Crippen molar-refractivity contribution >= 4 is 0 Å². The van der Waals surface area contributed by atoms with E-state index in [1.54, 1.807) is 0 Å². The molecule has 2 unspecified atom stereocenters. The normalized spacial score (nSPS) is 15.2. The van der Waals surface area contributed by atoms with Gasteiger partial charge >= 0.3 is 0 Å². The van der Waals surface area contributed by atoms with Crippen molar-refractivity contribution in [2.75, 3.05) is 6.54 Å². The van der Waals surface area contributed by atoms with Crippen LogP contribution in [0.4, 0.5) is 8.78 Å². The highest BCUT2D eigenvalue weighted by Gasteiger charge is 2.14. The van der Waals surface area contributed by atoms with Crippen LogP contribution in [0.3, 0.4) is 0 Å². The first-order valence-corrected chi connectivity index (χ1v) is 4.47. The Balaban J connectivity index is 2.91. The van der Waals surface area contributed by atoms with Crippen LogP contribution in [-0.2, 0) is 0 Å². The van der Waals surface area contributed by atoms with Crippen molar-refractivity contribution < 1.29 is 8.78 Å². The summed E-state index contributed by atoms with van der Waals surface area (Å²) >= 11 is 0. The molecule has 0 aliphatic rings. The third-order valence-corrected chi connectivity index (χ3v) is 2.31. The van der Waals surface area contributed by atoms with Gasteiger partial charge in [-0.25, -0.2) is 8.78 Å². The fourth-order valence-electron chi connectivity index (χ4n) is 1.19. The van der Waals surface area contributed by atoms with Gasteiger partial charge in [-0.2, -0.15) is 0 Å². The number of rotatable bonds is 3. The van der Waals surface area contributed by atoms with Crippen LogP contribution in [0.2, 0.25) is 0 Å². The van der Waals surface area contributed by atoms with Gasteiger partial charge < -0.3 is 11.5 Å². The van der Waals surface area contributed by atoms with E-state index in [-0.39, 0.29) is 12.0 Å². The minimum absolute atomic E-state index is 0.0415. The maximum atomic E-state index is 12.8. The predicted octanol–water partition coefficient (Wildman–Crippen LogP) is 1.56. The molecule has 0 aliphatic carbocycles. The third-order valence-electron chi connectivity index (χ3n) is 2.31. The summed E-state index contributed by atoms with van der Waals surface area (Å²) in [7, 11) is 0. The molecule has 2 atom stereocenters. The largest absolute Gasteiger partial charge is 0.330 e. The molecule has 78 valence electrons. The van der Waals surface area contributed by atoms with Gasteiger partial charge in [0.1, 0.15) is 0 Å². The molecule has 0 aliphatic heterocycles. The average Bonchev–Trinajstić information content (AvgIpc) is 2.20. The van der Waals surface area contributed by atoms with Gasteiger partial charge in [-0.15, -0.1) is 0 Å². The minimum atomic E-state index is -0.873. The summed E-state index contributed by atoms with van der Waals surface area (Å²) in [5.74, 6) is -1.69. The Morgan fingerprint density at radius 2 is 1.93 bits per heavy atom. The van der Waals surface area contributed by atoms with Gasteiger partial charge in [-0.3, -0.25) is 0 Å². The lowest BCUT2D eigenvalue weighted by molar-refractivity contribution is 0.469. The third kappa shape index (κ3) is 2.27. The quantitative estimate of drug-likeness (QED) is 0.778. The number of halogens is 2. The van der Waals surface area contributed by atoms with Crippen LogP contribution in [0.25, 0.3) is 0 Å². The van der Waals surface area contributed by atoms with Crippen molar-refractivity contribution in [1.82, 2.24) is 0 Å². The van der Waals surface area contributed by atoms with Crippen LogP contribution in [0, 0.1) is 17.6 Å². The van der Waals surface area contributed by atoms with Crippen molar-refractivity contribution in [3.8, 4) is 0 Å². The van der Waals surface area contributed by atoms with Gasteiger partial charge in [0.05, 0.1) is 0 Å². The highest BCUT2D eigenvalue weighted by molar-refractivity contribution is 5.21. The van der Waals surface area contributed by atoms with Gasteiger partial charge in [0.2, 0.25) is 0 Å². The molecule has 0 heterocycles. The van der Waals surface area contributed by atoms with Crippen molar-refractivity contribution in [1.29, 1.82) is 0 Å². The number of benzene rings is 1. The van der Waals surface area contributed by atoms with Crippen LogP contribution in [0.15, 0.2) is 18.2 Å². The molecule has 2 nitrogen and oxygen atoms in total. The Hall–Kier alpha value is -1.00. The van der Waals surface area contributed by atoms with E-state index in [1.165, 1.54) is 6.07 Å². The fraction of sp³-hybridized carbons (Fsp3) is 0.400. The first-order chi connectivity index (χ1) is 6.56. The molecule has 0 aromatic heterocycles. The predicted molar refractivity (Wildman–Crippen MR) is 51.5 cm³/mol. The molecule has 4 N–H and O–H groups in total. The van der Waals surface area contributed by atoms with E-state index in [1.807, 2.05) is 6.92 Å². The molecule has 0 saturated heterocycles. The Bertz CT molecular complexity index is 315. The Labute approximate surface area is 81.9 Å². The maximum absolute atomic E-state index is 12.8. The van der Waals surface area contributed by atoms with Crippen molar-refractivity contribution in [2.24, 2.45) is 17.4 Å². The van der Waals surface area contributed by atoms with E-state index < -0.39 is 11.6 Å². The molecule has 0 spiro atoms. The Morgan fingerprint density at radius 1 is 1.29 bits per heavy atom. The van der Waals surface area contributed by atoms with Gasteiger partial charge in [-0.05, 0) is 30.2 Å². The molecule has 4 heteroatoms. The topological polar surface area (TPSA) is 52.0 Å². The van der Waals surface area contributed by atoms with Crippen LogP contribution in [0.1, 0.15) is 18.5 Å². The lowest BCUT2D eigenvalue weighted by atomic mass is 9.95. The standard InChI is InChI=1S/C10H14F2N2/c1-6(5-13)10(14)7-2-3-8(11)9(12)4-7/h2-4,6,10H,5,13-14H2,1H3. The monoisotopic (exact) mass is 200 g/mol.